The van der Waals surface area contributed by atoms with Gasteiger partial charge in [-0.15, -0.1) is 8.78 Å². The fourth-order valence-electron chi connectivity index (χ4n) is 4.07. The first kappa shape index (κ1) is 24.2. The molecule has 1 aliphatic carbocycles. The molecule has 1 saturated heterocycles. The van der Waals surface area contributed by atoms with Crippen LogP contribution in [0.2, 0.25) is 0 Å². The van der Waals surface area contributed by atoms with Gasteiger partial charge in [0.2, 0.25) is 0 Å². The first-order chi connectivity index (χ1) is 15.2. The minimum absolute atomic E-state index is 0.445. The number of methoxy groups -OCH3 is 1. The number of hydrogen-bond acceptors (Lipinski definition) is 7. The molecular formula is C23H26F2O7. The van der Waals surface area contributed by atoms with Crippen molar-refractivity contribution in [1.29, 1.82) is 0 Å². The van der Waals surface area contributed by atoms with Gasteiger partial charge in [-0.05, 0) is 52.8 Å². The lowest BCUT2D eigenvalue weighted by Crippen LogP contribution is -2.55. The van der Waals surface area contributed by atoms with E-state index in [0.717, 1.165) is 24.2 Å². The second-order valence-corrected chi connectivity index (χ2v) is 7.83. The van der Waals surface area contributed by atoms with Crippen molar-refractivity contribution in [2.45, 2.75) is 49.8 Å². The zero-order chi connectivity index (χ0) is 23.4. The van der Waals surface area contributed by atoms with Gasteiger partial charge in [0.25, 0.3) is 0 Å². The Balaban J connectivity index is 0.000000668. The predicted octanol–water partition coefficient (Wildman–Crippen LogP) is 1.94. The normalized spacial score (nSPS) is 26.3. The van der Waals surface area contributed by atoms with Crippen LogP contribution in [0.5, 0.6) is 5.75 Å². The second kappa shape index (κ2) is 10.5. The van der Waals surface area contributed by atoms with Crippen molar-refractivity contribution < 1.29 is 43.5 Å². The van der Waals surface area contributed by atoms with Gasteiger partial charge in [-0.1, -0.05) is 24.3 Å². The third kappa shape index (κ3) is 5.31. The summed E-state index contributed by atoms with van der Waals surface area (Å²) in [4.78, 5) is 8.11. The van der Waals surface area contributed by atoms with E-state index in [1.54, 1.807) is 13.2 Å². The van der Waals surface area contributed by atoms with Crippen LogP contribution in [0.1, 0.15) is 33.9 Å². The van der Waals surface area contributed by atoms with Gasteiger partial charge in [-0.25, -0.2) is 4.79 Å². The number of aliphatic hydroxyl groups excluding tert-OH is 4. The molecular weight excluding hydrogens is 426 g/mol. The molecule has 0 bridgehead atoms. The van der Waals surface area contributed by atoms with Gasteiger partial charge >= 0.3 is 6.29 Å². The van der Waals surface area contributed by atoms with E-state index in [1.165, 1.54) is 16.7 Å². The summed E-state index contributed by atoms with van der Waals surface area (Å²) in [6.07, 6.45) is -5.74. The topological polar surface area (TPSA) is 116 Å². The van der Waals surface area contributed by atoms with Crippen LogP contribution in [0.15, 0.2) is 36.4 Å². The number of halogens is 2. The number of benzene rings is 2. The SMILES string of the molecule is COc1ccc([C@@H]2O[C@H](CO)[C@@H](O)[C@H](O)[C@H]2O)cc1Cc1ccc2c(c1)CC2.O=C(F)F. The quantitative estimate of drug-likeness (QED) is 0.513. The molecule has 4 rings (SSSR count). The average Bonchev–Trinajstić information content (AvgIpc) is 2.74. The highest BCUT2D eigenvalue weighted by molar-refractivity contribution is 5.55. The lowest BCUT2D eigenvalue weighted by atomic mass is 9.86. The van der Waals surface area contributed by atoms with E-state index < -0.39 is 43.4 Å². The highest BCUT2D eigenvalue weighted by Crippen LogP contribution is 2.35. The van der Waals surface area contributed by atoms with Crippen LogP contribution in [0.3, 0.4) is 0 Å². The monoisotopic (exact) mass is 452 g/mol. The smallest absolute Gasteiger partial charge is 0.483 e. The van der Waals surface area contributed by atoms with E-state index in [0.29, 0.717) is 12.0 Å². The summed E-state index contributed by atoms with van der Waals surface area (Å²) in [5.74, 6) is 0.732. The molecule has 4 N–H and O–H groups in total. The zero-order valence-corrected chi connectivity index (χ0v) is 17.4. The maximum atomic E-state index is 10.4. The molecule has 2 aromatic rings. The van der Waals surface area contributed by atoms with Crippen molar-refractivity contribution in [3.05, 3.63) is 64.2 Å². The van der Waals surface area contributed by atoms with Gasteiger partial charge in [0.05, 0.1) is 13.7 Å². The van der Waals surface area contributed by atoms with E-state index in [-0.39, 0.29) is 0 Å². The fraction of sp³-hybridized carbons (Fsp3) is 0.435. The Hall–Kier alpha value is -2.43. The molecule has 2 aromatic carbocycles. The summed E-state index contributed by atoms with van der Waals surface area (Å²) in [6.45, 7) is -0.445. The summed E-state index contributed by atoms with van der Waals surface area (Å²) in [7, 11) is 1.62. The van der Waals surface area contributed by atoms with Crippen LogP contribution in [-0.4, -0.2) is 64.8 Å². The Morgan fingerprint density at radius 2 is 1.72 bits per heavy atom. The van der Waals surface area contributed by atoms with Gasteiger partial charge < -0.3 is 29.9 Å². The Bertz CT molecular complexity index is 946. The van der Waals surface area contributed by atoms with Crippen LogP contribution in [0.4, 0.5) is 13.6 Å². The molecule has 0 unspecified atom stereocenters. The summed E-state index contributed by atoms with van der Waals surface area (Å²) in [5, 5.41) is 39.9. The molecule has 0 radical (unpaired) electrons. The number of rotatable bonds is 5. The number of carbonyl (C=O) groups excluding carboxylic acids is 1. The minimum atomic E-state index is -2.83. The van der Waals surface area contributed by atoms with Crippen molar-refractivity contribution in [3.63, 3.8) is 0 Å². The highest BCUT2D eigenvalue weighted by Gasteiger charge is 2.44. The molecule has 2 aliphatic rings. The number of ether oxygens (including phenoxy) is 2. The van der Waals surface area contributed by atoms with Crippen molar-refractivity contribution in [1.82, 2.24) is 0 Å². The van der Waals surface area contributed by atoms with Gasteiger partial charge in [-0.3, -0.25) is 0 Å². The molecule has 1 fully saturated rings. The number of aryl methyl sites for hydroxylation is 2. The van der Waals surface area contributed by atoms with Crippen LogP contribution in [-0.2, 0) is 24.0 Å². The van der Waals surface area contributed by atoms with E-state index in [4.69, 9.17) is 14.3 Å². The molecule has 9 heteroatoms. The van der Waals surface area contributed by atoms with Gasteiger partial charge in [0, 0.05) is 6.42 Å². The predicted molar refractivity (Wildman–Crippen MR) is 110 cm³/mol. The van der Waals surface area contributed by atoms with Crippen molar-refractivity contribution >= 4 is 6.29 Å². The van der Waals surface area contributed by atoms with E-state index in [9.17, 15) is 29.2 Å². The first-order valence-electron chi connectivity index (χ1n) is 10.2. The summed E-state index contributed by atoms with van der Waals surface area (Å²) in [6, 6.07) is 12.0. The molecule has 7 nitrogen and oxygen atoms in total. The van der Waals surface area contributed by atoms with Gasteiger partial charge in [-0.2, -0.15) is 0 Å². The Morgan fingerprint density at radius 1 is 1.03 bits per heavy atom. The molecule has 0 saturated carbocycles. The van der Waals surface area contributed by atoms with Gasteiger partial charge in [0.1, 0.15) is 36.3 Å². The van der Waals surface area contributed by atoms with Crippen molar-refractivity contribution in [3.8, 4) is 5.75 Å². The number of hydrogen-bond donors (Lipinski definition) is 4. The Labute approximate surface area is 183 Å². The van der Waals surface area contributed by atoms with E-state index in [2.05, 4.69) is 18.2 Å². The fourth-order valence-corrected chi connectivity index (χ4v) is 4.07. The third-order valence-electron chi connectivity index (χ3n) is 5.85. The first-order valence-corrected chi connectivity index (χ1v) is 10.2. The van der Waals surface area contributed by atoms with E-state index in [1.807, 2.05) is 12.1 Å². The Morgan fingerprint density at radius 3 is 2.28 bits per heavy atom. The standard InChI is InChI=1S/C22H26O6.CF2O/c1-27-17-7-6-15(22-21(26)20(25)19(24)18(11-23)28-22)10-16(17)9-12-2-3-13-4-5-14(13)8-12;2-1(3)4/h2-3,6-8,10,18-26H,4-5,9,11H2,1H3;/t18-,19-,20+,21-,22+;/m1./s1. The molecule has 5 atom stereocenters. The lowest BCUT2D eigenvalue weighted by Gasteiger charge is -2.40. The van der Waals surface area contributed by atoms with Crippen molar-refractivity contribution in [2.75, 3.05) is 13.7 Å². The zero-order valence-electron chi connectivity index (χ0n) is 17.4. The summed E-state index contributed by atoms with van der Waals surface area (Å²) >= 11 is 0. The van der Waals surface area contributed by atoms with Crippen molar-refractivity contribution in [2.24, 2.45) is 0 Å². The summed E-state index contributed by atoms with van der Waals surface area (Å²) in [5.41, 5.74) is 5.59. The van der Waals surface area contributed by atoms with Crippen LogP contribution in [0, 0.1) is 0 Å². The number of aliphatic hydroxyl groups is 4. The maximum absolute atomic E-state index is 10.4. The molecule has 0 spiro atoms. The molecule has 0 amide bonds. The minimum Gasteiger partial charge on any atom is -0.496 e. The largest absolute Gasteiger partial charge is 0.496 e. The van der Waals surface area contributed by atoms with E-state index >= 15 is 0 Å². The van der Waals surface area contributed by atoms with Gasteiger partial charge in [0.15, 0.2) is 0 Å². The molecule has 0 aromatic heterocycles. The third-order valence-corrected chi connectivity index (χ3v) is 5.85. The van der Waals surface area contributed by atoms with Crippen LogP contribution < -0.4 is 4.74 Å². The molecule has 1 heterocycles. The number of carbonyl (C=O) groups is 1. The Kier molecular flexibility index (Phi) is 7.91. The lowest BCUT2D eigenvalue weighted by molar-refractivity contribution is -0.231. The van der Waals surface area contributed by atoms with Crippen LogP contribution >= 0.6 is 0 Å². The highest BCUT2D eigenvalue weighted by atomic mass is 19.3. The molecule has 32 heavy (non-hydrogen) atoms. The molecule has 174 valence electrons. The second-order valence-electron chi connectivity index (χ2n) is 7.83. The maximum Gasteiger partial charge on any atom is 0.483 e. The molecule has 1 aliphatic heterocycles. The summed E-state index contributed by atoms with van der Waals surface area (Å²) < 4.78 is 30.6. The average molecular weight is 452 g/mol. The van der Waals surface area contributed by atoms with Crippen LogP contribution in [0.25, 0.3) is 0 Å². The number of fused-ring (bicyclic) bond motifs is 1.